The highest BCUT2D eigenvalue weighted by Gasteiger charge is 2.07. The highest BCUT2D eigenvalue weighted by atomic mass is 16.5. The van der Waals surface area contributed by atoms with Crippen molar-refractivity contribution in [1.82, 2.24) is 0 Å². The van der Waals surface area contributed by atoms with Gasteiger partial charge in [-0.2, -0.15) is 0 Å². The van der Waals surface area contributed by atoms with E-state index in [4.69, 9.17) is 10.5 Å². The summed E-state index contributed by atoms with van der Waals surface area (Å²) in [7, 11) is 1.68. The molecule has 0 saturated heterocycles. The van der Waals surface area contributed by atoms with Gasteiger partial charge in [0.2, 0.25) is 0 Å². The number of hydrogen-bond donors (Lipinski definition) is 2. The smallest absolute Gasteiger partial charge is 0.141 e. The monoisotopic (exact) mass is 208 g/mol. The molecule has 0 bridgehead atoms. The van der Waals surface area contributed by atoms with E-state index in [0.717, 1.165) is 24.3 Å². The number of benzene rings is 1. The molecule has 0 radical (unpaired) electrons. The lowest BCUT2D eigenvalue weighted by molar-refractivity contribution is 0.415. The summed E-state index contributed by atoms with van der Waals surface area (Å²) < 4.78 is 5.27. The summed E-state index contributed by atoms with van der Waals surface area (Å²) in [5, 5.41) is 3.40. The normalized spacial score (nSPS) is 12.2. The van der Waals surface area contributed by atoms with Gasteiger partial charge >= 0.3 is 0 Å². The number of para-hydroxylation sites is 2. The Balaban J connectivity index is 2.69. The van der Waals surface area contributed by atoms with E-state index in [1.54, 1.807) is 7.11 Å². The first-order valence-electron chi connectivity index (χ1n) is 5.41. The molecule has 0 aliphatic rings. The molecular weight excluding hydrogens is 188 g/mol. The van der Waals surface area contributed by atoms with E-state index in [1.807, 2.05) is 24.3 Å². The van der Waals surface area contributed by atoms with Crippen molar-refractivity contribution >= 4 is 5.69 Å². The van der Waals surface area contributed by atoms with Gasteiger partial charge in [0, 0.05) is 12.6 Å². The van der Waals surface area contributed by atoms with Crippen molar-refractivity contribution in [3.05, 3.63) is 24.3 Å². The van der Waals surface area contributed by atoms with Crippen molar-refractivity contribution in [1.29, 1.82) is 0 Å². The third kappa shape index (κ3) is 3.44. The minimum atomic E-state index is 0.325. The van der Waals surface area contributed by atoms with Gasteiger partial charge in [-0.25, -0.2) is 0 Å². The lowest BCUT2D eigenvalue weighted by atomic mass is 10.1. The maximum Gasteiger partial charge on any atom is 0.141 e. The molecule has 0 saturated carbocycles. The average molecular weight is 208 g/mol. The summed E-state index contributed by atoms with van der Waals surface area (Å²) in [6.45, 7) is 2.80. The Morgan fingerprint density at radius 1 is 1.40 bits per heavy atom. The zero-order valence-corrected chi connectivity index (χ0v) is 9.49. The SMILES string of the molecule is CCCC(CN)Nc1ccccc1OC. The van der Waals surface area contributed by atoms with Crippen molar-refractivity contribution in [3.8, 4) is 5.75 Å². The molecule has 0 aromatic heterocycles. The van der Waals surface area contributed by atoms with Crippen LogP contribution in [0.2, 0.25) is 0 Å². The second-order valence-corrected chi connectivity index (χ2v) is 3.57. The summed E-state index contributed by atoms with van der Waals surface area (Å²) in [5.74, 6) is 0.868. The molecule has 1 atom stereocenters. The molecule has 0 spiro atoms. The molecule has 0 fully saturated rings. The minimum Gasteiger partial charge on any atom is -0.495 e. The van der Waals surface area contributed by atoms with E-state index in [0.29, 0.717) is 12.6 Å². The molecule has 84 valence electrons. The number of nitrogens with one attached hydrogen (secondary N) is 1. The predicted octanol–water partition coefficient (Wildman–Crippen LogP) is 2.23. The van der Waals surface area contributed by atoms with Crippen LogP contribution >= 0.6 is 0 Å². The number of nitrogens with two attached hydrogens (primary N) is 1. The van der Waals surface area contributed by atoms with Crippen LogP contribution in [-0.4, -0.2) is 19.7 Å². The molecule has 15 heavy (non-hydrogen) atoms. The van der Waals surface area contributed by atoms with E-state index >= 15 is 0 Å². The first-order valence-corrected chi connectivity index (χ1v) is 5.41. The molecule has 1 rings (SSSR count). The molecule has 1 unspecified atom stereocenters. The van der Waals surface area contributed by atoms with Crippen LogP contribution in [0.5, 0.6) is 5.75 Å². The highest BCUT2D eigenvalue weighted by molar-refractivity contribution is 5.56. The number of ether oxygens (including phenoxy) is 1. The zero-order chi connectivity index (χ0) is 11.1. The van der Waals surface area contributed by atoms with Crippen molar-refractivity contribution < 1.29 is 4.74 Å². The van der Waals surface area contributed by atoms with Crippen molar-refractivity contribution in [2.45, 2.75) is 25.8 Å². The van der Waals surface area contributed by atoms with Crippen molar-refractivity contribution in [2.24, 2.45) is 5.73 Å². The second kappa shape index (κ2) is 6.30. The van der Waals surface area contributed by atoms with Gasteiger partial charge in [-0.3, -0.25) is 0 Å². The minimum absolute atomic E-state index is 0.325. The van der Waals surface area contributed by atoms with Crippen LogP contribution in [0, 0.1) is 0 Å². The first kappa shape index (κ1) is 11.9. The van der Waals surface area contributed by atoms with E-state index in [1.165, 1.54) is 0 Å². The van der Waals surface area contributed by atoms with Gasteiger partial charge in [0.05, 0.1) is 12.8 Å². The number of hydrogen-bond acceptors (Lipinski definition) is 3. The molecule has 3 heteroatoms. The Kier molecular flexibility index (Phi) is 4.98. The van der Waals surface area contributed by atoms with Gasteiger partial charge in [0.15, 0.2) is 0 Å². The molecular formula is C12H20N2O. The Bertz CT molecular complexity index is 289. The molecule has 3 N–H and O–H groups in total. The zero-order valence-electron chi connectivity index (χ0n) is 9.49. The molecule has 0 heterocycles. The summed E-state index contributed by atoms with van der Waals surface area (Å²) in [5.41, 5.74) is 6.71. The summed E-state index contributed by atoms with van der Waals surface area (Å²) in [4.78, 5) is 0. The van der Waals surface area contributed by atoms with E-state index in [2.05, 4.69) is 12.2 Å². The van der Waals surface area contributed by atoms with E-state index in [9.17, 15) is 0 Å². The van der Waals surface area contributed by atoms with Gasteiger partial charge in [0.1, 0.15) is 5.75 Å². The maximum absolute atomic E-state index is 5.69. The van der Waals surface area contributed by atoms with Gasteiger partial charge in [-0.15, -0.1) is 0 Å². The van der Waals surface area contributed by atoms with Gasteiger partial charge in [-0.1, -0.05) is 25.5 Å². The van der Waals surface area contributed by atoms with Crippen LogP contribution in [0.15, 0.2) is 24.3 Å². The molecule has 0 aliphatic heterocycles. The Morgan fingerprint density at radius 2 is 2.13 bits per heavy atom. The second-order valence-electron chi connectivity index (χ2n) is 3.57. The summed E-state index contributed by atoms with van der Waals surface area (Å²) in [6, 6.07) is 8.23. The fourth-order valence-electron chi connectivity index (χ4n) is 1.58. The molecule has 0 aliphatic carbocycles. The summed E-state index contributed by atoms with van der Waals surface area (Å²) in [6.07, 6.45) is 2.21. The largest absolute Gasteiger partial charge is 0.495 e. The fraction of sp³-hybridized carbons (Fsp3) is 0.500. The average Bonchev–Trinajstić information content (AvgIpc) is 2.29. The quantitative estimate of drug-likeness (QED) is 0.753. The van der Waals surface area contributed by atoms with Gasteiger partial charge in [0.25, 0.3) is 0 Å². The Morgan fingerprint density at radius 3 is 2.73 bits per heavy atom. The third-order valence-corrected chi connectivity index (χ3v) is 2.39. The van der Waals surface area contributed by atoms with Gasteiger partial charge in [-0.05, 0) is 18.6 Å². The lowest BCUT2D eigenvalue weighted by Gasteiger charge is -2.19. The van der Waals surface area contributed by atoms with Crippen molar-refractivity contribution in [2.75, 3.05) is 19.0 Å². The van der Waals surface area contributed by atoms with Crippen molar-refractivity contribution in [3.63, 3.8) is 0 Å². The molecule has 3 nitrogen and oxygen atoms in total. The summed E-state index contributed by atoms with van der Waals surface area (Å²) >= 11 is 0. The van der Waals surface area contributed by atoms with Crippen LogP contribution < -0.4 is 15.8 Å². The number of anilines is 1. The van der Waals surface area contributed by atoms with E-state index in [-0.39, 0.29) is 0 Å². The van der Waals surface area contributed by atoms with Crippen LogP contribution in [0.1, 0.15) is 19.8 Å². The predicted molar refractivity (Wildman–Crippen MR) is 64.4 cm³/mol. The van der Waals surface area contributed by atoms with Crippen LogP contribution in [0.4, 0.5) is 5.69 Å². The topological polar surface area (TPSA) is 47.3 Å². The molecule has 1 aromatic rings. The van der Waals surface area contributed by atoms with E-state index < -0.39 is 0 Å². The van der Waals surface area contributed by atoms with Gasteiger partial charge < -0.3 is 15.8 Å². The molecule has 0 amide bonds. The van der Waals surface area contributed by atoms with Crippen LogP contribution in [0.25, 0.3) is 0 Å². The Hall–Kier alpha value is -1.22. The van der Waals surface area contributed by atoms with Crippen LogP contribution in [0.3, 0.4) is 0 Å². The standard InChI is InChI=1S/C12H20N2O/c1-3-6-10(9-13)14-11-7-4-5-8-12(11)15-2/h4-5,7-8,10,14H,3,6,9,13H2,1-2H3. The number of methoxy groups -OCH3 is 1. The lowest BCUT2D eigenvalue weighted by Crippen LogP contribution is -2.28. The highest BCUT2D eigenvalue weighted by Crippen LogP contribution is 2.24. The molecule has 1 aromatic carbocycles. The first-order chi connectivity index (χ1) is 7.31. The fourth-order valence-corrected chi connectivity index (χ4v) is 1.58. The number of rotatable bonds is 6. The third-order valence-electron chi connectivity index (χ3n) is 2.39. The maximum atomic E-state index is 5.69. The van der Waals surface area contributed by atoms with Crippen LogP contribution in [-0.2, 0) is 0 Å². The Labute approximate surface area is 91.6 Å².